The average molecular weight is 164 g/mol. The van der Waals surface area contributed by atoms with Crippen LogP contribution >= 0.6 is 0 Å². The highest BCUT2D eigenvalue weighted by Crippen LogP contribution is 2.15. The molecule has 0 aromatic heterocycles. The van der Waals surface area contributed by atoms with Crippen molar-refractivity contribution in [1.29, 1.82) is 0 Å². The van der Waals surface area contributed by atoms with Gasteiger partial charge in [0.2, 0.25) is 0 Å². The van der Waals surface area contributed by atoms with Crippen molar-refractivity contribution in [2.75, 3.05) is 13.7 Å². The predicted octanol–water partition coefficient (Wildman–Crippen LogP) is -1.93. The van der Waals surface area contributed by atoms with E-state index < -0.39 is 24.6 Å². The maximum atomic E-state index is 9.19. The summed E-state index contributed by atoms with van der Waals surface area (Å²) in [5.41, 5.74) is 0. The molecule has 66 valence electrons. The van der Waals surface area contributed by atoms with Crippen LogP contribution in [0.1, 0.15) is 0 Å². The third-order valence-corrected chi connectivity index (χ3v) is 1.76. The second-order valence-electron chi connectivity index (χ2n) is 2.48. The Balaban J connectivity index is 2.52. The van der Waals surface area contributed by atoms with Crippen molar-refractivity contribution >= 4 is 0 Å². The molecule has 0 amide bonds. The lowest BCUT2D eigenvalue weighted by molar-refractivity contribution is -0.256. The number of hydrogen-bond donors (Lipinski definition) is 3. The molecule has 1 fully saturated rings. The second-order valence-corrected chi connectivity index (χ2v) is 2.48. The molecule has 5 nitrogen and oxygen atoms in total. The number of aliphatic hydroxyl groups is 3. The van der Waals surface area contributed by atoms with Crippen LogP contribution in [0.5, 0.6) is 0 Å². The minimum Gasteiger partial charge on any atom is -0.387 e. The molecule has 1 heterocycles. The van der Waals surface area contributed by atoms with Crippen LogP contribution in [0.2, 0.25) is 0 Å². The quantitative estimate of drug-likeness (QED) is 0.420. The summed E-state index contributed by atoms with van der Waals surface area (Å²) in [5, 5.41) is 27.1. The Bertz CT molecular complexity index is 126. The van der Waals surface area contributed by atoms with Crippen LogP contribution < -0.4 is 0 Å². The molecule has 1 saturated heterocycles. The Morgan fingerprint density at radius 2 is 1.91 bits per heavy atom. The SMILES string of the molecule is CO[C@@H]1CO[C@H](O)[C@@H](O)[C@@H]1O. The van der Waals surface area contributed by atoms with Crippen molar-refractivity contribution in [3.8, 4) is 0 Å². The molecule has 11 heavy (non-hydrogen) atoms. The maximum Gasteiger partial charge on any atom is 0.183 e. The highest BCUT2D eigenvalue weighted by molar-refractivity contribution is 4.82. The van der Waals surface area contributed by atoms with E-state index in [1.54, 1.807) is 0 Å². The van der Waals surface area contributed by atoms with E-state index in [1.165, 1.54) is 7.11 Å². The number of rotatable bonds is 1. The van der Waals surface area contributed by atoms with Gasteiger partial charge in [0.25, 0.3) is 0 Å². The van der Waals surface area contributed by atoms with Crippen LogP contribution in [-0.2, 0) is 9.47 Å². The third kappa shape index (κ3) is 1.69. The molecule has 4 atom stereocenters. The Morgan fingerprint density at radius 3 is 2.45 bits per heavy atom. The fourth-order valence-corrected chi connectivity index (χ4v) is 0.987. The summed E-state index contributed by atoms with van der Waals surface area (Å²) >= 11 is 0. The number of aliphatic hydroxyl groups excluding tert-OH is 3. The molecule has 1 aliphatic rings. The first kappa shape index (κ1) is 8.89. The van der Waals surface area contributed by atoms with Crippen LogP contribution in [-0.4, -0.2) is 53.6 Å². The van der Waals surface area contributed by atoms with Gasteiger partial charge in [0.1, 0.15) is 18.3 Å². The Labute approximate surface area is 64.2 Å². The van der Waals surface area contributed by atoms with Crippen LogP contribution in [0.25, 0.3) is 0 Å². The van der Waals surface area contributed by atoms with E-state index in [0.29, 0.717) is 0 Å². The van der Waals surface area contributed by atoms with Gasteiger partial charge in [-0.2, -0.15) is 0 Å². The zero-order valence-electron chi connectivity index (χ0n) is 6.17. The normalized spacial score (nSPS) is 45.8. The zero-order chi connectivity index (χ0) is 8.43. The van der Waals surface area contributed by atoms with Gasteiger partial charge in [0.15, 0.2) is 6.29 Å². The summed E-state index contributed by atoms with van der Waals surface area (Å²) in [6, 6.07) is 0. The van der Waals surface area contributed by atoms with E-state index in [1.807, 2.05) is 0 Å². The van der Waals surface area contributed by atoms with Crippen molar-refractivity contribution in [3.05, 3.63) is 0 Å². The van der Waals surface area contributed by atoms with Crippen molar-refractivity contribution in [2.24, 2.45) is 0 Å². The smallest absolute Gasteiger partial charge is 0.183 e. The first-order valence-electron chi connectivity index (χ1n) is 3.35. The molecule has 0 aromatic carbocycles. The summed E-state index contributed by atoms with van der Waals surface area (Å²) in [5.74, 6) is 0. The Hall–Kier alpha value is -0.200. The number of methoxy groups -OCH3 is 1. The van der Waals surface area contributed by atoms with Crippen molar-refractivity contribution < 1.29 is 24.8 Å². The topological polar surface area (TPSA) is 79.2 Å². The summed E-state index contributed by atoms with van der Waals surface area (Å²) in [6.07, 6.45) is -4.23. The van der Waals surface area contributed by atoms with Gasteiger partial charge < -0.3 is 24.8 Å². The molecular weight excluding hydrogens is 152 g/mol. The first-order chi connectivity index (χ1) is 5.16. The van der Waals surface area contributed by atoms with Gasteiger partial charge in [-0.1, -0.05) is 0 Å². The summed E-state index contributed by atoms with van der Waals surface area (Å²) in [7, 11) is 1.40. The molecule has 0 aromatic rings. The zero-order valence-corrected chi connectivity index (χ0v) is 6.17. The minimum absolute atomic E-state index is 0.0931. The van der Waals surface area contributed by atoms with E-state index in [4.69, 9.17) is 14.9 Å². The average Bonchev–Trinajstić information content (AvgIpc) is 2.01. The minimum atomic E-state index is -1.31. The van der Waals surface area contributed by atoms with Crippen LogP contribution in [0, 0.1) is 0 Å². The molecule has 0 spiro atoms. The van der Waals surface area contributed by atoms with Gasteiger partial charge in [-0.3, -0.25) is 0 Å². The molecule has 0 radical (unpaired) electrons. The van der Waals surface area contributed by atoms with Gasteiger partial charge in [-0.15, -0.1) is 0 Å². The lowest BCUT2D eigenvalue weighted by Gasteiger charge is -2.33. The monoisotopic (exact) mass is 164 g/mol. The fourth-order valence-electron chi connectivity index (χ4n) is 0.987. The predicted molar refractivity (Wildman–Crippen MR) is 34.8 cm³/mol. The lowest BCUT2D eigenvalue weighted by atomic mass is 10.1. The fraction of sp³-hybridized carbons (Fsp3) is 1.00. The molecule has 0 saturated carbocycles. The largest absolute Gasteiger partial charge is 0.387 e. The third-order valence-electron chi connectivity index (χ3n) is 1.76. The molecule has 0 unspecified atom stereocenters. The molecule has 1 rings (SSSR count). The van der Waals surface area contributed by atoms with Crippen molar-refractivity contribution in [1.82, 2.24) is 0 Å². The number of hydrogen-bond acceptors (Lipinski definition) is 5. The van der Waals surface area contributed by atoms with Crippen LogP contribution in [0.4, 0.5) is 0 Å². The summed E-state index contributed by atoms with van der Waals surface area (Å²) < 4.78 is 9.46. The summed E-state index contributed by atoms with van der Waals surface area (Å²) in [4.78, 5) is 0. The van der Waals surface area contributed by atoms with Crippen molar-refractivity contribution in [3.63, 3.8) is 0 Å². The van der Waals surface area contributed by atoms with E-state index in [9.17, 15) is 5.11 Å². The molecule has 0 bridgehead atoms. The van der Waals surface area contributed by atoms with Gasteiger partial charge in [0.05, 0.1) is 6.61 Å². The molecular formula is C6H12O5. The van der Waals surface area contributed by atoms with Gasteiger partial charge >= 0.3 is 0 Å². The number of ether oxygens (including phenoxy) is 2. The van der Waals surface area contributed by atoms with E-state index in [-0.39, 0.29) is 6.61 Å². The molecule has 1 aliphatic heterocycles. The Kier molecular flexibility index (Phi) is 2.80. The van der Waals surface area contributed by atoms with Crippen LogP contribution in [0.3, 0.4) is 0 Å². The lowest BCUT2D eigenvalue weighted by Crippen LogP contribution is -2.53. The van der Waals surface area contributed by atoms with Gasteiger partial charge in [-0.25, -0.2) is 0 Å². The molecule has 5 heteroatoms. The van der Waals surface area contributed by atoms with E-state index >= 15 is 0 Å². The Morgan fingerprint density at radius 1 is 1.27 bits per heavy atom. The first-order valence-corrected chi connectivity index (χ1v) is 3.35. The van der Waals surface area contributed by atoms with Crippen molar-refractivity contribution in [2.45, 2.75) is 24.6 Å². The van der Waals surface area contributed by atoms with Crippen LogP contribution in [0.15, 0.2) is 0 Å². The van der Waals surface area contributed by atoms with E-state index in [2.05, 4.69) is 4.74 Å². The maximum absolute atomic E-state index is 9.19. The van der Waals surface area contributed by atoms with Gasteiger partial charge in [-0.05, 0) is 0 Å². The summed E-state index contributed by atoms with van der Waals surface area (Å²) in [6.45, 7) is 0.0931. The molecule has 0 aliphatic carbocycles. The van der Waals surface area contributed by atoms with E-state index in [0.717, 1.165) is 0 Å². The second kappa shape index (κ2) is 3.46. The van der Waals surface area contributed by atoms with Gasteiger partial charge in [0, 0.05) is 7.11 Å². The molecule has 3 N–H and O–H groups in total. The highest BCUT2D eigenvalue weighted by atomic mass is 16.6. The highest BCUT2D eigenvalue weighted by Gasteiger charge is 2.37. The standard InChI is InChI=1S/C6H12O5/c1-10-3-2-11-6(9)5(8)4(3)7/h3-9H,2H2,1H3/t3-,4-,5+,6+/m1/s1.